The Labute approximate surface area is 83.7 Å². The quantitative estimate of drug-likeness (QED) is 0.258. The molecule has 5 nitrogen and oxygen atoms in total. The molecule has 0 spiro atoms. The van der Waals surface area contributed by atoms with Crippen molar-refractivity contribution in [1.82, 2.24) is 4.90 Å². The highest BCUT2D eigenvalue weighted by Crippen LogP contribution is 1.99. The summed E-state index contributed by atoms with van der Waals surface area (Å²) in [6.07, 6.45) is 3.93. The van der Waals surface area contributed by atoms with Crippen molar-refractivity contribution in [3.05, 3.63) is 17.6 Å². The van der Waals surface area contributed by atoms with E-state index in [4.69, 9.17) is 0 Å². The van der Waals surface area contributed by atoms with Gasteiger partial charge < -0.3 is 9.74 Å². The first kappa shape index (κ1) is 12.6. The highest BCUT2D eigenvalue weighted by molar-refractivity contribution is 5.75. The number of carbonyl (C=O) groups excluding carboxylic acids is 1. The van der Waals surface area contributed by atoms with Crippen LogP contribution in [0.4, 0.5) is 0 Å². The Kier molecular flexibility index (Phi) is 7.40. The van der Waals surface area contributed by atoms with Gasteiger partial charge in [-0.3, -0.25) is 4.79 Å². The maximum Gasteiger partial charge on any atom is 0.222 e. The second-order valence-electron chi connectivity index (χ2n) is 2.90. The van der Waals surface area contributed by atoms with Gasteiger partial charge in [-0.25, -0.2) is 0 Å². The van der Waals surface area contributed by atoms with E-state index >= 15 is 0 Å². The van der Waals surface area contributed by atoms with Gasteiger partial charge in [0.25, 0.3) is 0 Å². The molecule has 1 amide bonds. The molecule has 0 bridgehead atoms. The maximum atomic E-state index is 11.3. The predicted molar refractivity (Wildman–Crippen MR) is 53.4 cm³/mol. The fourth-order valence-electron chi connectivity index (χ4n) is 0.928. The summed E-state index contributed by atoms with van der Waals surface area (Å²) in [5.41, 5.74) is 0. The van der Waals surface area contributed by atoms with Crippen molar-refractivity contribution in [2.45, 2.75) is 19.3 Å². The minimum absolute atomic E-state index is 0.0429. The number of amides is 1. The molecule has 0 unspecified atom stereocenters. The number of likely N-dealkylation sites (N-methyl/N-ethyl adjacent to an activating group) is 1. The van der Waals surface area contributed by atoms with Gasteiger partial charge in [-0.15, -0.1) is 11.5 Å². The van der Waals surface area contributed by atoms with Crippen molar-refractivity contribution in [1.29, 1.82) is 0 Å². The van der Waals surface area contributed by atoms with E-state index in [0.29, 0.717) is 13.0 Å². The van der Waals surface area contributed by atoms with Gasteiger partial charge in [0.1, 0.15) is 6.61 Å². The van der Waals surface area contributed by atoms with Crippen molar-refractivity contribution in [2.75, 3.05) is 20.2 Å². The molecule has 0 radical (unpaired) electrons. The Bertz CT molecular complexity index is 194. The molecule has 0 aromatic heterocycles. The van der Waals surface area contributed by atoms with Crippen LogP contribution in [0.1, 0.15) is 19.3 Å². The molecule has 0 N–H and O–H groups in total. The minimum atomic E-state index is 0.0429. The first-order valence-corrected chi connectivity index (χ1v) is 4.52. The van der Waals surface area contributed by atoms with Crippen LogP contribution in [-0.2, 0) is 9.63 Å². The Morgan fingerprint density at radius 3 is 2.93 bits per heavy atom. The van der Waals surface area contributed by atoms with E-state index in [1.807, 2.05) is 0 Å². The summed E-state index contributed by atoms with van der Waals surface area (Å²) >= 11 is 0. The van der Waals surface area contributed by atoms with E-state index in [2.05, 4.69) is 16.8 Å². The van der Waals surface area contributed by atoms with Crippen molar-refractivity contribution < 1.29 is 9.63 Å². The average Bonchev–Trinajstić information content (AvgIpc) is 2.18. The second kappa shape index (κ2) is 8.22. The highest BCUT2D eigenvalue weighted by atomic mass is 16.7. The van der Waals surface area contributed by atoms with Gasteiger partial charge in [-0.05, 0) is 12.8 Å². The monoisotopic (exact) mass is 200 g/mol. The Balaban J connectivity index is 3.53. The van der Waals surface area contributed by atoms with Gasteiger partial charge in [-0.1, -0.05) is 6.08 Å². The van der Waals surface area contributed by atoms with Crippen molar-refractivity contribution in [2.24, 2.45) is 5.34 Å². The summed E-state index contributed by atoms with van der Waals surface area (Å²) < 4.78 is 0. The lowest BCUT2D eigenvalue weighted by atomic mass is 10.2. The van der Waals surface area contributed by atoms with Crippen LogP contribution in [-0.4, -0.2) is 31.0 Å². The van der Waals surface area contributed by atoms with E-state index in [-0.39, 0.29) is 12.5 Å². The third-order valence-corrected chi connectivity index (χ3v) is 1.80. The number of carbonyl (C=O) groups is 1. The molecule has 0 aromatic rings. The summed E-state index contributed by atoms with van der Waals surface area (Å²) in [4.78, 5) is 26.7. The third kappa shape index (κ3) is 6.16. The summed E-state index contributed by atoms with van der Waals surface area (Å²) in [7, 11) is 1.67. The van der Waals surface area contributed by atoms with Crippen molar-refractivity contribution >= 4 is 5.91 Å². The largest absolute Gasteiger partial charge is 0.362 e. The van der Waals surface area contributed by atoms with Gasteiger partial charge in [0.15, 0.2) is 5.34 Å². The normalized spacial score (nSPS) is 9.21. The lowest BCUT2D eigenvalue weighted by Crippen LogP contribution is -2.29. The van der Waals surface area contributed by atoms with Crippen LogP contribution < -0.4 is 0 Å². The Hall–Kier alpha value is -1.39. The van der Waals surface area contributed by atoms with Gasteiger partial charge in [0, 0.05) is 13.5 Å². The first-order chi connectivity index (χ1) is 6.72. The fraction of sp³-hybridized carbons (Fsp3) is 0.667. The lowest BCUT2D eigenvalue weighted by molar-refractivity contribution is -0.130. The highest BCUT2D eigenvalue weighted by Gasteiger charge is 2.07. The molecule has 0 fully saturated rings. The van der Waals surface area contributed by atoms with Crippen LogP contribution in [0.3, 0.4) is 0 Å². The topological polar surface area (TPSA) is 59.0 Å². The number of rotatable bonds is 8. The SMILES string of the molecule is C=CCCCC(=O)N(C)CCON=O. The predicted octanol–water partition coefficient (Wildman–Crippen LogP) is 1.50. The number of nitrogens with zero attached hydrogens (tertiary/aromatic N) is 2. The lowest BCUT2D eigenvalue weighted by Gasteiger charge is -2.15. The molecule has 0 saturated carbocycles. The van der Waals surface area contributed by atoms with E-state index in [9.17, 15) is 9.70 Å². The van der Waals surface area contributed by atoms with E-state index in [1.165, 1.54) is 4.90 Å². The Morgan fingerprint density at radius 2 is 2.36 bits per heavy atom. The minimum Gasteiger partial charge on any atom is -0.362 e. The van der Waals surface area contributed by atoms with Gasteiger partial charge in [0.2, 0.25) is 5.91 Å². The number of hydrogen-bond donors (Lipinski definition) is 0. The number of unbranched alkanes of at least 4 members (excludes halogenated alkanes) is 1. The van der Waals surface area contributed by atoms with E-state index < -0.39 is 0 Å². The van der Waals surface area contributed by atoms with Crippen LogP contribution >= 0.6 is 0 Å². The van der Waals surface area contributed by atoms with Crippen LogP contribution in [0, 0.1) is 4.91 Å². The molecule has 0 aliphatic carbocycles. The first-order valence-electron chi connectivity index (χ1n) is 4.52. The zero-order chi connectivity index (χ0) is 10.8. The zero-order valence-electron chi connectivity index (χ0n) is 8.44. The molecule has 80 valence electrons. The summed E-state index contributed by atoms with van der Waals surface area (Å²) in [6, 6.07) is 0. The average molecular weight is 200 g/mol. The molecule has 0 heterocycles. The summed E-state index contributed by atoms with van der Waals surface area (Å²) in [6.45, 7) is 4.10. The second-order valence-corrected chi connectivity index (χ2v) is 2.90. The molecule has 0 aliphatic rings. The van der Waals surface area contributed by atoms with E-state index in [1.54, 1.807) is 13.1 Å². The zero-order valence-corrected chi connectivity index (χ0v) is 8.44. The third-order valence-electron chi connectivity index (χ3n) is 1.80. The molecule has 0 atom stereocenters. The van der Waals surface area contributed by atoms with Crippen LogP contribution in [0.2, 0.25) is 0 Å². The number of allylic oxidation sites excluding steroid dienone is 1. The van der Waals surface area contributed by atoms with Crippen molar-refractivity contribution in [3.8, 4) is 0 Å². The van der Waals surface area contributed by atoms with Gasteiger partial charge in [-0.2, -0.15) is 0 Å². The molecular formula is C9H16N2O3. The number of hydrogen-bond acceptors (Lipinski definition) is 4. The molecule has 0 saturated heterocycles. The summed E-state index contributed by atoms with van der Waals surface area (Å²) in [5, 5.41) is 2.24. The van der Waals surface area contributed by atoms with Crippen molar-refractivity contribution in [3.63, 3.8) is 0 Å². The Morgan fingerprint density at radius 1 is 1.64 bits per heavy atom. The molecule has 0 aliphatic heterocycles. The molecular weight excluding hydrogens is 184 g/mol. The van der Waals surface area contributed by atoms with Gasteiger partial charge >= 0.3 is 0 Å². The van der Waals surface area contributed by atoms with Gasteiger partial charge in [0.05, 0.1) is 6.54 Å². The van der Waals surface area contributed by atoms with Crippen LogP contribution in [0.25, 0.3) is 0 Å². The van der Waals surface area contributed by atoms with E-state index in [0.717, 1.165) is 12.8 Å². The standard InChI is InChI=1S/C9H16N2O3/c1-3-4-5-6-9(12)11(2)7-8-14-10-13/h3H,1,4-8H2,2H3. The molecule has 0 aromatic carbocycles. The smallest absolute Gasteiger partial charge is 0.222 e. The molecule has 0 rings (SSSR count). The summed E-state index contributed by atoms with van der Waals surface area (Å²) in [5.74, 6) is 0.0429. The molecule has 14 heavy (non-hydrogen) atoms. The maximum absolute atomic E-state index is 11.3. The molecule has 5 heteroatoms. The van der Waals surface area contributed by atoms with Crippen LogP contribution in [0.15, 0.2) is 18.0 Å². The fourth-order valence-corrected chi connectivity index (χ4v) is 0.928. The van der Waals surface area contributed by atoms with Crippen LogP contribution in [0.5, 0.6) is 0 Å².